The molecule has 2 fully saturated rings. The summed E-state index contributed by atoms with van der Waals surface area (Å²) in [6, 6.07) is 8.12. The standard InChI is InChI=1S/C22H28N6O2S2/c29-20(26-11-9-25(10-12-26)16-19-6-4-14-31-19)17-32-22-24-23-21(27-7-1-2-8-27)28(22)15-18-5-3-13-30-18/h3-6,13-14H,1-2,7-12,15-17H2. The van der Waals surface area contributed by atoms with E-state index in [-0.39, 0.29) is 5.91 Å². The molecule has 0 atom stereocenters. The summed E-state index contributed by atoms with van der Waals surface area (Å²) in [7, 11) is 0. The average molecular weight is 473 g/mol. The monoisotopic (exact) mass is 472 g/mol. The topological polar surface area (TPSA) is 70.6 Å². The summed E-state index contributed by atoms with van der Waals surface area (Å²) in [6.07, 6.45) is 4.03. The van der Waals surface area contributed by atoms with Crippen molar-refractivity contribution in [3.05, 3.63) is 46.5 Å². The largest absolute Gasteiger partial charge is 0.467 e. The predicted octanol–water partition coefficient (Wildman–Crippen LogP) is 3.02. The molecule has 3 aromatic heterocycles. The molecule has 0 bridgehead atoms. The highest BCUT2D eigenvalue weighted by Crippen LogP contribution is 2.26. The number of anilines is 1. The lowest BCUT2D eigenvalue weighted by Crippen LogP contribution is -2.48. The molecular weight excluding hydrogens is 444 g/mol. The molecule has 2 aliphatic heterocycles. The Morgan fingerprint density at radius 3 is 2.59 bits per heavy atom. The number of carbonyl (C=O) groups is 1. The molecule has 170 valence electrons. The van der Waals surface area contributed by atoms with Gasteiger partial charge in [0.25, 0.3) is 0 Å². The molecule has 2 aliphatic rings. The fraction of sp³-hybridized carbons (Fsp3) is 0.500. The van der Waals surface area contributed by atoms with Crippen LogP contribution < -0.4 is 4.90 Å². The van der Waals surface area contributed by atoms with Crippen LogP contribution in [0.4, 0.5) is 5.95 Å². The Balaban J connectivity index is 1.18. The van der Waals surface area contributed by atoms with E-state index in [1.54, 1.807) is 17.6 Å². The van der Waals surface area contributed by atoms with Crippen LogP contribution in [0.5, 0.6) is 0 Å². The summed E-state index contributed by atoms with van der Waals surface area (Å²) in [5.41, 5.74) is 0. The second-order valence-electron chi connectivity index (χ2n) is 8.17. The van der Waals surface area contributed by atoms with Gasteiger partial charge in [0.2, 0.25) is 11.9 Å². The molecule has 0 aromatic carbocycles. The van der Waals surface area contributed by atoms with Gasteiger partial charge in [-0.25, -0.2) is 0 Å². The van der Waals surface area contributed by atoms with Crippen molar-refractivity contribution >= 4 is 35.0 Å². The highest BCUT2D eigenvalue weighted by atomic mass is 32.2. The van der Waals surface area contributed by atoms with Crippen LogP contribution in [0.1, 0.15) is 23.5 Å². The summed E-state index contributed by atoms with van der Waals surface area (Å²) in [5.74, 6) is 2.28. The molecule has 5 heterocycles. The van der Waals surface area contributed by atoms with E-state index in [9.17, 15) is 4.79 Å². The zero-order valence-electron chi connectivity index (χ0n) is 18.1. The fourth-order valence-corrected chi connectivity index (χ4v) is 5.81. The Morgan fingerprint density at radius 2 is 1.88 bits per heavy atom. The van der Waals surface area contributed by atoms with Gasteiger partial charge < -0.3 is 14.2 Å². The molecule has 10 heteroatoms. The van der Waals surface area contributed by atoms with Crippen LogP contribution in [0.3, 0.4) is 0 Å². The Hall–Kier alpha value is -2.30. The summed E-state index contributed by atoms with van der Waals surface area (Å²) in [6.45, 7) is 6.94. The fourth-order valence-electron chi connectivity index (χ4n) is 4.23. The first-order valence-corrected chi connectivity index (χ1v) is 13.0. The minimum absolute atomic E-state index is 0.168. The quantitative estimate of drug-likeness (QED) is 0.467. The molecule has 0 saturated carbocycles. The van der Waals surface area contributed by atoms with Crippen molar-refractivity contribution in [1.29, 1.82) is 0 Å². The van der Waals surface area contributed by atoms with Crippen molar-refractivity contribution in [2.75, 3.05) is 49.9 Å². The van der Waals surface area contributed by atoms with Gasteiger partial charge in [-0.2, -0.15) is 0 Å². The van der Waals surface area contributed by atoms with Gasteiger partial charge in [-0.3, -0.25) is 14.3 Å². The summed E-state index contributed by atoms with van der Waals surface area (Å²) in [4.78, 5) is 20.9. The Kier molecular flexibility index (Phi) is 6.80. The van der Waals surface area contributed by atoms with Crippen LogP contribution in [0.15, 0.2) is 45.5 Å². The number of thiophene rings is 1. The van der Waals surface area contributed by atoms with Crippen molar-refractivity contribution in [3.63, 3.8) is 0 Å². The Labute approximate surface area is 196 Å². The SMILES string of the molecule is O=C(CSc1nnc(N2CCCC2)n1Cc1ccco1)N1CCN(Cc2cccs2)CC1. The van der Waals surface area contributed by atoms with E-state index in [2.05, 4.69) is 42.1 Å². The van der Waals surface area contributed by atoms with Gasteiger partial charge >= 0.3 is 0 Å². The molecule has 0 unspecified atom stereocenters. The van der Waals surface area contributed by atoms with Crippen LogP contribution in [0.2, 0.25) is 0 Å². The lowest BCUT2D eigenvalue weighted by Gasteiger charge is -2.34. The minimum Gasteiger partial charge on any atom is -0.467 e. The second kappa shape index (κ2) is 10.1. The van der Waals surface area contributed by atoms with Gasteiger partial charge in [0.15, 0.2) is 5.16 Å². The number of hydrogen-bond donors (Lipinski definition) is 0. The molecule has 0 spiro atoms. The number of rotatable bonds is 8. The first-order chi connectivity index (χ1) is 15.8. The van der Waals surface area contributed by atoms with E-state index < -0.39 is 0 Å². The normalized spacial score (nSPS) is 17.4. The molecular formula is C22H28N6O2S2. The highest BCUT2D eigenvalue weighted by molar-refractivity contribution is 7.99. The molecule has 32 heavy (non-hydrogen) atoms. The van der Waals surface area contributed by atoms with Gasteiger partial charge in [-0.1, -0.05) is 17.8 Å². The van der Waals surface area contributed by atoms with Crippen LogP contribution in [-0.4, -0.2) is 75.5 Å². The number of thioether (sulfide) groups is 1. The third-order valence-electron chi connectivity index (χ3n) is 5.99. The zero-order chi connectivity index (χ0) is 21.8. The maximum atomic E-state index is 12.9. The van der Waals surface area contributed by atoms with Crippen molar-refractivity contribution in [3.8, 4) is 0 Å². The van der Waals surface area contributed by atoms with Crippen molar-refractivity contribution in [2.45, 2.75) is 31.1 Å². The second-order valence-corrected chi connectivity index (χ2v) is 10.1. The van der Waals surface area contributed by atoms with Crippen LogP contribution in [-0.2, 0) is 17.9 Å². The molecule has 0 radical (unpaired) electrons. The zero-order valence-corrected chi connectivity index (χ0v) is 19.7. The highest BCUT2D eigenvalue weighted by Gasteiger charge is 2.25. The predicted molar refractivity (Wildman–Crippen MR) is 126 cm³/mol. The molecule has 0 N–H and O–H groups in total. The molecule has 0 aliphatic carbocycles. The maximum absolute atomic E-state index is 12.9. The van der Waals surface area contributed by atoms with Gasteiger partial charge in [-0.05, 0) is 36.4 Å². The number of nitrogens with zero attached hydrogens (tertiary/aromatic N) is 6. The van der Waals surface area contributed by atoms with Gasteiger partial charge in [0.05, 0.1) is 18.6 Å². The number of furan rings is 1. The Bertz CT molecular complexity index is 990. The smallest absolute Gasteiger partial charge is 0.233 e. The molecule has 3 aromatic rings. The summed E-state index contributed by atoms with van der Waals surface area (Å²) >= 11 is 3.26. The van der Waals surface area contributed by atoms with E-state index in [0.29, 0.717) is 12.3 Å². The van der Waals surface area contributed by atoms with E-state index in [1.807, 2.05) is 17.0 Å². The van der Waals surface area contributed by atoms with Crippen molar-refractivity contribution in [1.82, 2.24) is 24.6 Å². The number of aromatic nitrogens is 3. The lowest BCUT2D eigenvalue weighted by molar-refractivity contribution is -0.130. The van der Waals surface area contributed by atoms with E-state index in [4.69, 9.17) is 4.42 Å². The van der Waals surface area contributed by atoms with Gasteiger partial charge in [0.1, 0.15) is 5.76 Å². The van der Waals surface area contributed by atoms with Gasteiger partial charge in [0, 0.05) is 50.7 Å². The summed E-state index contributed by atoms with van der Waals surface area (Å²) in [5, 5.41) is 11.8. The average Bonchev–Trinajstić information content (AvgIpc) is 3.61. The van der Waals surface area contributed by atoms with Crippen LogP contribution >= 0.6 is 23.1 Å². The van der Waals surface area contributed by atoms with Crippen LogP contribution in [0, 0.1) is 0 Å². The first kappa shape index (κ1) is 21.5. The molecule has 8 nitrogen and oxygen atoms in total. The Morgan fingerprint density at radius 1 is 1.03 bits per heavy atom. The summed E-state index contributed by atoms with van der Waals surface area (Å²) < 4.78 is 7.65. The number of amides is 1. The van der Waals surface area contributed by atoms with Crippen LogP contribution in [0.25, 0.3) is 0 Å². The minimum atomic E-state index is 0.168. The first-order valence-electron chi connectivity index (χ1n) is 11.1. The molecule has 2 saturated heterocycles. The van der Waals surface area contributed by atoms with E-state index in [0.717, 1.165) is 62.7 Å². The van der Waals surface area contributed by atoms with Crippen molar-refractivity contribution < 1.29 is 9.21 Å². The lowest BCUT2D eigenvalue weighted by atomic mass is 10.3. The molecule has 1 amide bonds. The van der Waals surface area contributed by atoms with Crippen molar-refractivity contribution in [2.24, 2.45) is 0 Å². The third-order valence-corrected chi connectivity index (χ3v) is 7.80. The number of piperazine rings is 1. The molecule has 5 rings (SSSR count). The maximum Gasteiger partial charge on any atom is 0.233 e. The number of carbonyl (C=O) groups excluding carboxylic acids is 1. The number of hydrogen-bond acceptors (Lipinski definition) is 8. The van der Waals surface area contributed by atoms with E-state index >= 15 is 0 Å². The van der Waals surface area contributed by atoms with Gasteiger partial charge in [-0.15, -0.1) is 21.5 Å². The third kappa shape index (κ3) is 5.02. The van der Waals surface area contributed by atoms with E-state index in [1.165, 1.54) is 29.5 Å².